The predicted molar refractivity (Wildman–Crippen MR) is 64.0 cm³/mol. The van der Waals surface area contributed by atoms with Gasteiger partial charge in [0.05, 0.1) is 5.71 Å². The van der Waals surface area contributed by atoms with Gasteiger partial charge in [-0.3, -0.25) is 4.79 Å². The van der Waals surface area contributed by atoms with Crippen LogP contribution in [0.4, 0.5) is 0 Å². The van der Waals surface area contributed by atoms with Gasteiger partial charge < -0.3 is 0 Å². The largest absolute Gasteiger partial charge is 0.273 e. The Balaban J connectivity index is 3.25. The van der Waals surface area contributed by atoms with Gasteiger partial charge in [-0.15, -0.1) is 0 Å². The highest BCUT2D eigenvalue weighted by molar-refractivity contribution is 6.20. The second-order valence-corrected chi connectivity index (χ2v) is 5.09. The molecule has 0 saturated carbocycles. The van der Waals surface area contributed by atoms with E-state index in [1.54, 1.807) is 0 Å². The minimum absolute atomic E-state index is 0.0163. The first-order valence-electron chi connectivity index (χ1n) is 5.73. The summed E-state index contributed by atoms with van der Waals surface area (Å²) < 4.78 is 0. The van der Waals surface area contributed by atoms with Crippen LogP contribution in [0.2, 0.25) is 0 Å². The minimum atomic E-state index is -0.0163. The first kappa shape index (κ1) is 12.2. The number of aliphatic imine (C=N–C) groups is 1. The normalized spacial score (nSPS) is 17.4. The molecule has 1 amide bonds. The number of allylic oxidation sites excluding steroid dienone is 1. The highest BCUT2D eigenvalue weighted by Gasteiger charge is 2.30. The zero-order valence-electron chi connectivity index (χ0n) is 10.6. The van der Waals surface area contributed by atoms with Crippen molar-refractivity contribution in [1.82, 2.24) is 0 Å². The number of carbonyl (C=O) groups is 1. The van der Waals surface area contributed by atoms with Gasteiger partial charge in [0, 0.05) is 5.57 Å². The van der Waals surface area contributed by atoms with E-state index >= 15 is 0 Å². The molecule has 84 valence electrons. The van der Waals surface area contributed by atoms with Gasteiger partial charge in [-0.2, -0.15) is 0 Å². The monoisotopic (exact) mass is 207 g/mol. The summed E-state index contributed by atoms with van der Waals surface area (Å²) >= 11 is 0. The summed E-state index contributed by atoms with van der Waals surface area (Å²) in [5.74, 6) is 0.977. The van der Waals surface area contributed by atoms with Crippen molar-refractivity contribution in [3.63, 3.8) is 0 Å². The Morgan fingerprint density at radius 3 is 1.60 bits per heavy atom. The third-order valence-corrected chi connectivity index (χ3v) is 2.72. The summed E-state index contributed by atoms with van der Waals surface area (Å²) in [5, 5.41) is 0. The van der Waals surface area contributed by atoms with Crippen molar-refractivity contribution in [2.75, 3.05) is 0 Å². The van der Waals surface area contributed by atoms with Crippen molar-refractivity contribution < 1.29 is 4.79 Å². The molecular formula is C13H21NO. The van der Waals surface area contributed by atoms with E-state index in [0.717, 1.165) is 11.3 Å². The molecule has 0 atom stereocenters. The van der Waals surface area contributed by atoms with E-state index in [-0.39, 0.29) is 11.8 Å². The molecule has 0 spiro atoms. The fraction of sp³-hybridized carbons (Fsp3) is 0.692. The lowest BCUT2D eigenvalue weighted by Gasteiger charge is -2.16. The van der Waals surface area contributed by atoms with Crippen molar-refractivity contribution >= 4 is 11.6 Å². The van der Waals surface area contributed by atoms with E-state index < -0.39 is 0 Å². The standard InChI is InChI=1S/C13H21NO/c1-7(2)10-11(8(3)4)13(15)14-12(10)9(5)6/h7-9H,1-6H3. The Morgan fingerprint density at radius 1 is 0.800 bits per heavy atom. The number of amides is 1. The average Bonchev–Trinajstić information content (AvgIpc) is 2.42. The van der Waals surface area contributed by atoms with Gasteiger partial charge in [0.2, 0.25) is 0 Å². The van der Waals surface area contributed by atoms with Crippen LogP contribution in [0.15, 0.2) is 16.1 Å². The lowest BCUT2D eigenvalue weighted by molar-refractivity contribution is -0.114. The first-order chi connectivity index (χ1) is 6.86. The van der Waals surface area contributed by atoms with Crippen LogP contribution in [0.5, 0.6) is 0 Å². The molecule has 0 unspecified atom stereocenters. The molecular weight excluding hydrogens is 186 g/mol. The molecule has 15 heavy (non-hydrogen) atoms. The van der Waals surface area contributed by atoms with E-state index in [0.29, 0.717) is 11.8 Å². The third-order valence-electron chi connectivity index (χ3n) is 2.72. The lowest BCUT2D eigenvalue weighted by atomic mass is 9.86. The summed E-state index contributed by atoms with van der Waals surface area (Å²) in [4.78, 5) is 16.0. The zero-order valence-corrected chi connectivity index (χ0v) is 10.6. The van der Waals surface area contributed by atoms with Gasteiger partial charge >= 0.3 is 0 Å². The molecule has 2 nitrogen and oxygen atoms in total. The van der Waals surface area contributed by atoms with Crippen LogP contribution >= 0.6 is 0 Å². The van der Waals surface area contributed by atoms with E-state index in [4.69, 9.17) is 0 Å². The minimum Gasteiger partial charge on any atom is -0.267 e. The van der Waals surface area contributed by atoms with E-state index in [1.807, 2.05) is 0 Å². The summed E-state index contributed by atoms with van der Waals surface area (Å²) in [6.07, 6.45) is 0. The average molecular weight is 207 g/mol. The predicted octanol–water partition coefficient (Wildman–Crippen LogP) is 3.23. The topological polar surface area (TPSA) is 29.4 Å². The van der Waals surface area contributed by atoms with Crippen LogP contribution in [-0.2, 0) is 4.79 Å². The van der Waals surface area contributed by atoms with Crippen LogP contribution in [0.1, 0.15) is 41.5 Å². The second kappa shape index (κ2) is 4.30. The molecule has 1 rings (SSSR count). The van der Waals surface area contributed by atoms with Crippen molar-refractivity contribution in [2.24, 2.45) is 22.7 Å². The Bertz CT molecular complexity index is 332. The third kappa shape index (κ3) is 2.19. The number of rotatable bonds is 3. The maximum absolute atomic E-state index is 11.8. The van der Waals surface area contributed by atoms with Gasteiger partial charge in [0.25, 0.3) is 5.91 Å². The fourth-order valence-electron chi connectivity index (χ4n) is 2.09. The molecule has 0 aliphatic carbocycles. The smallest absolute Gasteiger partial charge is 0.267 e. The number of carbonyl (C=O) groups excluding carboxylic acids is 1. The number of hydrogen-bond donors (Lipinski definition) is 0. The van der Waals surface area contributed by atoms with E-state index in [9.17, 15) is 4.79 Å². The quantitative estimate of drug-likeness (QED) is 0.698. The second-order valence-electron chi connectivity index (χ2n) is 5.09. The van der Waals surface area contributed by atoms with Gasteiger partial charge in [-0.05, 0) is 23.3 Å². The summed E-state index contributed by atoms with van der Waals surface area (Å²) in [7, 11) is 0. The molecule has 0 fully saturated rings. The summed E-state index contributed by atoms with van der Waals surface area (Å²) in [6, 6.07) is 0. The van der Waals surface area contributed by atoms with Crippen molar-refractivity contribution in [2.45, 2.75) is 41.5 Å². The number of hydrogen-bond acceptors (Lipinski definition) is 1. The number of nitrogens with zero attached hydrogens (tertiary/aromatic N) is 1. The molecule has 1 heterocycles. The van der Waals surface area contributed by atoms with Gasteiger partial charge in [-0.1, -0.05) is 41.5 Å². The Hall–Kier alpha value is -0.920. The van der Waals surface area contributed by atoms with E-state index in [1.165, 1.54) is 5.57 Å². The summed E-state index contributed by atoms with van der Waals surface area (Å²) in [6.45, 7) is 12.6. The van der Waals surface area contributed by atoms with Crippen LogP contribution < -0.4 is 0 Å². The van der Waals surface area contributed by atoms with Crippen LogP contribution in [-0.4, -0.2) is 11.6 Å². The molecule has 2 heteroatoms. The molecule has 0 saturated heterocycles. The molecule has 0 N–H and O–H groups in total. The van der Waals surface area contributed by atoms with Crippen molar-refractivity contribution in [3.8, 4) is 0 Å². The Labute approximate surface area is 92.5 Å². The zero-order chi connectivity index (χ0) is 11.7. The molecule has 1 aliphatic rings. The molecule has 0 aromatic heterocycles. The molecule has 0 aromatic carbocycles. The highest BCUT2D eigenvalue weighted by Crippen LogP contribution is 2.31. The van der Waals surface area contributed by atoms with E-state index in [2.05, 4.69) is 46.5 Å². The van der Waals surface area contributed by atoms with Gasteiger partial charge in [0.1, 0.15) is 0 Å². The van der Waals surface area contributed by atoms with Gasteiger partial charge in [-0.25, -0.2) is 4.99 Å². The maximum atomic E-state index is 11.8. The first-order valence-corrected chi connectivity index (χ1v) is 5.73. The molecule has 0 radical (unpaired) electrons. The maximum Gasteiger partial charge on any atom is 0.273 e. The SMILES string of the molecule is CC(C)C1=NC(=O)C(C(C)C)=C1C(C)C. The lowest BCUT2D eigenvalue weighted by Crippen LogP contribution is -2.14. The molecule has 1 aliphatic heterocycles. The fourth-order valence-corrected chi connectivity index (χ4v) is 2.09. The van der Waals surface area contributed by atoms with Crippen molar-refractivity contribution in [1.29, 1.82) is 0 Å². The highest BCUT2D eigenvalue weighted by atomic mass is 16.1. The molecule has 0 aromatic rings. The summed E-state index contributed by atoms with van der Waals surface area (Å²) in [5.41, 5.74) is 3.11. The van der Waals surface area contributed by atoms with Crippen LogP contribution in [0.3, 0.4) is 0 Å². The van der Waals surface area contributed by atoms with Crippen LogP contribution in [0, 0.1) is 17.8 Å². The van der Waals surface area contributed by atoms with Crippen LogP contribution in [0.25, 0.3) is 0 Å². The van der Waals surface area contributed by atoms with Crippen molar-refractivity contribution in [3.05, 3.63) is 11.1 Å². The molecule has 0 bridgehead atoms. The van der Waals surface area contributed by atoms with Gasteiger partial charge in [0.15, 0.2) is 0 Å². The Kier molecular flexibility index (Phi) is 3.48. The Morgan fingerprint density at radius 2 is 1.27 bits per heavy atom.